The van der Waals surface area contributed by atoms with Gasteiger partial charge in [-0.1, -0.05) is 38.5 Å². The van der Waals surface area contributed by atoms with Crippen LogP contribution in [0.4, 0.5) is 0 Å². The Kier molecular flexibility index (Phi) is 6.33. The molecule has 25 heavy (non-hydrogen) atoms. The molecule has 6 nitrogen and oxygen atoms in total. The molecule has 1 heterocycles. The number of benzene rings is 1. The van der Waals surface area contributed by atoms with Crippen molar-refractivity contribution in [1.82, 2.24) is 10.3 Å². The smallest absolute Gasteiger partial charge is 0.328 e. The molecule has 0 saturated heterocycles. The molecule has 0 aliphatic rings. The van der Waals surface area contributed by atoms with Gasteiger partial charge in [-0.05, 0) is 25.0 Å². The number of esters is 1. The van der Waals surface area contributed by atoms with Crippen molar-refractivity contribution in [3.63, 3.8) is 0 Å². The van der Waals surface area contributed by atoms with Crippen LogP contribution in [0, 0.1) is 12.8 Å². The fourth-order valence-electron chi connectivity index (χ4n) is 2.47. The van der Waals surface area contributed by atoms with Gasteiger partial charge in [-0.15, -0.1) is 0 Å². The predicted octanol–water partition coefficient (Wildman–Crippen LogP) is 2.90. The van der Waals surface area contributed by atoms with Crippen molar-refractivity contribution >= 4 is 11.9 Å². The minimum absolute atomic E-state index is 0.0188. The van der Waals surface area contributed by atoms with Crippen molar-refractivity contribution in [3.05, 3.63) is 41.8 Å². The van der Waals surface area contributed by atoms with Crippen LogP contribution in [0.1, 0.15) is 31.7 Å². The Morgan fingerprint density at radius 1 is 1.28 bits per heavy atom. The standard InChI is InChI=1S/C19H24N2O4/c1-5-12(2)17(19(23)24-4)21-16(22)11-15-13(3)25-18(20-15)14-9-7-6-8-10-14/h6-10,12,17H,5,11H2,1-4H3,(H,21,22). The van der Waals surface area contributed by atoms with Gasteiger partial charge in [0.2, 0.25) is 11.8 Å². The average molecular weight is 344 g/mol. The van der Waals surface area contributed by atoms with E-state index in [1.54, 1.807) is 6.92 Å². The lowest BCUT2D eigenvalue weighted by Gasteiger charge is -2.21. The molecule has 1 amide bonds. The molecule has 2 atom stereocenters. The number of aromatic nitrogens is 1. The first-order valence-electron chi connectivity index (χ1n) is 8.35. The van der Waals surface area contributed by atoms with Gasteiger partial charge in [0, 0.05) is 5.56 Å². The maximum absolute atomic E-state index is 12.4. The van der Waals surface area contributed by atoms with Gasteiger partial charge < -0.3 is 14.5 Å². The second kappa shape index (κ2) is 8.46. The maximum Gasteiger partial charge on any atom is 0.328 e. The van der Waals surface area contributed by atoms with Crippen LogP contribution < -0.4 is 5.32 Å². The summed E-state index contributed by atoms with van der Waals surface area (Å²) in [7, 11) is 1.32. The monoisotopic (exact) mass is 344 g/mol. The molecule has 0 aliphatic carbocycles. The highest BCUT2D eigenvalue weighted by Gasteiger charge is 2.27. The number of nitrogens with one attached hydrogen (secondary N) is 1. The molecule has 6 heteroatoms. The molecule has 0 aliphatic heterocycles. The number of rotatable bonds is 7. The fraction of sp³-hybridized carbons (Fsp3) is 0.421. The van der Waals surface area contributed by atoms with E-state index in [1.165, 1.54) is 7.11 Å². The van der Waals surface area contributed by atoms with Crippen LogP contribution in [0.15, 0.2) is 34.7 Å². The van der Waals surface area contributed by atoms with Gasteiger partial charge >= 0.3 is 5.97 Å². The lowest BCUT2D eigenvalue weighted by atomic mass is 9.99. The number of aryl methyl sites for hydroxylation is 1. The van der Waals surface area contributed by atoms with E-state index in [9.17, 15) is 9.59 Å². The van der Waals surface area contributed by atoms with Crippen LogP contribution in [-0.4, -0.2) is 30.0 Å². The number of nitrogens with zero attached hydrogens (tertiary/aromatic N) is 1. The van der Waals surface area contributed by atoms with E-state index in [2.05, 4.69) is 10.3 Å². The Labute approximate surface area is 147 Å². The number of hydrogen-bond acceptors (Lipinski definition) is 5. The van der Waals surface area contributed by atoms with Crippen LogP contribution >= 0.6 is 0 Å². The van der Waals surface area contributed by atoms with Gasteiger partial charge in [0.1, 0.15) is 11.8 Å². The maximum atomic E-state index is 12.4. The van der Waals surface area contributed by atoms with Crippen LogP contribution in [0.5, 0.6) is 0 Å². The van der Waals surface area contributed by atoms with Crippen molar-refractivity contribution in [2.45, 2.75) is 39.7 Å². The number of methoxy groups -OCH3 is 1. The van der Waals surface area contributed by atoms with E-state index < -0.39 is 12.0 Å². The molecule has 2 aromatic rings. The number of oxazole rings is 1. The SMILES string of the molecule is CCC(C)C(NC(=O)Cc1nc(-c2ccccc2)oc1C)C(=O)OC. The summed E-state index contributed by atoms with van der Waals surface area (Å²) in [6.45, 7) is 5.63. The minimum atomic E-state index is -0.664. The second-order valence-corrected chi connectivity index (χ2v) is 6.02. The molecule has 0 bridgehead atoms. The summed E-state index contributed by atoms with van der Waals surface area (Å²) in [5.41, 5.74) is 1.41. The first kappa shape index (κ1) is 18.7. The lowest BCUT2D eigenvalue weighted by molar-refractivity contribution is -0.146. The van der Waals surface area contributed by atoms with Gasteiger partial charge in [0.15, 0.2) is 0 Å². The number of amides is 1. The zero-order valence-electron chi connectivity index (χ0n) is 15.0. The molecule has 0 radical (unpaired) electrons. The normalized spacial score (nSPS) is 13.1. The molecule has 1 N–H and O–H groups in total. The largest absolute Gasteiger partial charge is 0.467 e. The van der Waals surface area contributed by atoms with Crippen molar-refractivity contribution in [1.29, 1.82) is 0 Å². The molecule has 1 aromatic heterocycles. The summed E-state index contributed by atoms with van der Waals surface area (Å²) < 4.78 is 10.4. The molecule has 134 valence electrons. The number of ether oxygens (including phenoxy) is 1. The molecule has 2 rings (SSSR count). The molecule has 1 aromatic carbocycles. The zero-order valence-corrected chi connectivity index (χ0v) is 15.0. The fourth-order valence-corrected chi connectivity index (χ4v) is 2.47. The molecule has 0 spiro atoms. The van der Waals surface area contributed by atoms with Gasteiger partial charge in [-0.2, -0.15) is 0 Å². The topological polar surface area (TPSA) is 81.4 Å². The third kappa shape index (κ3) is 4.68. The summed E-state index contributed by atoms with van der Waals surface area (Å²) >= 11 is 0. The third-order valence-corrected chi connectivity index (χ3v) is 4.23. The van der Waals surface area contributed by atoms with E-state index in [-0.39, 0.29) is 18.2 Å². The Morgan fingerprint density at radius 3 is 2.56 bits per heavy atom. The van der Waals surface area contributed by atoms with E-state index in [0.717, 1.165) is 12.0 Å². The Morgan fingerprint density at radius 2 is 1.96 bits per heavy atom. The number of carbonyl (C=O) groups excluding carboxylic acids is 2. The molecular formula is C19H24N2O4. The van der Waals surface area contributed by atoms with Crippen LogP contribution in [0.2, 0.25) is 0 Å². The first-order valence-corrected chi connectivity index (χ1v) is 8.35. The first-order chi connectivity index (χ1) is 12.0. The lowest BCUT2D eigenvalue weighted by Crippen LogP contribution is -2.46. The minimum Gasteiger partial charge on any atom is -0.467 e. The zero-order chi connectivity index (χ0) is 18.4. The van der Waals surface area contributed by atoms with Gasteiger partial charge in [-0.3, -0.25) is 4.79 Å². The molecule has 0 fully saturated rings. The Balaban J connectivity index is 2.10. The van der Waals surface area contributed by atoms with E-state index in [4.69, 9.17) is 9.15 Å². The Bertz CT molecular complexity index is 724. The van der Waals surface area contributed by atoms with Crippen molar-refractivity contribution < 1.29 is 18.7 Å². The van der Waals surface area contributed by atoms with Gasteiger partial charge in [-0.25, -0.2) is 9.78 Å². The van der Waals surface area contributed by atoms with E-state index in [1.807, 2.05) is 44.2 Å². The van der Waals surface area contributed by atoms with Crippen LogP contribution in [0.3, 0.4) is 0 Å². The van der Waals surface area contributed by atoms with Crippen molar-refractivity contribution in [3.8, 4) is 11.5 Å². The van der Waals surface area contributed by atoms with Crippen molar-refractivity contribution in [2.24, 2.45) is 5.92 Å². The second-order valence-electron chi connectivity index (χ2n) is 6.02. The number of carbonyl (C=O) groups is 2. The summed E-state index contributed by atoms with van der Waals surface area (Å²) in [6.07, 6.45) is 0.799. The summed E-state index contributed by atoms with van der Waals surface area (Å²) in [5.74, 6) is 0.324. The highest BCUT2D eigenvalue weighted by atomic mass is 16.5. The average Bonchev–Trinajstić information content (AvgIpc) is 2.99. The highest BCUT2D eigenvalue weighted by Crippen LogP contribution is 2.21. The summed E-state index contributed by atoms with van der Waals surface area (Å²) in [4.78, 5) is 28.7. The Hall–Kier alpha value is -2.63. The van der Waals surface area contributed by atoms with Crippen LogP contribution in [0.25, 0.3) is 11.5 Å². The van der Waals surface area contributed by atoms with E-state index in [0.29, 0.717) is 17.3 Å². The molecule has 2 unspecified atom stereocenters. The van der Waals surface area contributed by atoms with Crippen molar-refractivity contribution in [2.75, 3.05) is 7.11 Å². The summed E-state index contributed by atoms with van der Waals surface area (Å²) in [6, 6.07) is 8.83. The molecular weight excluding hydrogens is 320 g/mol. The van der Waals surface area contributed by atoms with E-state index >= 15 is 0 Å². The molecule has 0 saturated carbocycles. The third-order valence-electron chi connectivity index (χ3n) is 4.23. The summed E-state index contributed by atoms with van der Waals surface area (Å²) in [5, 5.41) is 2.75. The van der Waals surface area contributed by atoms with Gasteiger partial charge in [0.05, 0.1) is 19.2 Å². The number of hydrogen-bond donors (Lipinski definition) is 1. The van der Waals surface area contributed by atoms with Crippen LogP contribution in [-0.2, 0) is 20.7 Å². The van der Waals surface area contributed by atoms with Gasteiger partial charge in [0.25, 0.3) is 0 Å². The highest BCUT2D eigenvalue weighted by molar-refractivity contribution is 5.85. The predicted molar refractivity (Wildman–Crippen MR) is 93.8 cm³/mol. The quantitative estimate of drug-likeness (QED) is 0.781.